The molecule has 0 aliphatic carbocycles. The van der Waals surface area contributed by atoms with Gasteiger partial charge in [0.05, 0.1) is 18.8 Å². The lowest BCUT2D eigenvalue weighted by molar-refractivity contribution is -0.120. The number of hydrogen-bond acceptors (Lipinski definition) is 7. The van der Waals surface area contributed by atoms with Crippen LogP contribution < -0.4 is 15.0 Å². The molecule has 166 valence electrons. The van der Waals surface area contributed by atoms with Crippen molar-refractivity contribution < 1.29 is 19.1 Å². The normalized spacial score (nSPS) is 19.2. The SMILES string of the molecule is CN1C(=O)[C@@H](NC(=O)OC(C)(C)C)COc2ccc(CN3CCn4ncnc4C3)cc21. The van der Waals surface area contributed by atoms with Gasteiger partial charge in [0.25, 0.3) is 5.91 Å². The average molecular weight is 428 g/mol. The van der Waals surface area contributed by atoms with E-state index >= 15 is 0 Å². The van der Waals surface area contributed by atoms with Crippen LogP contribution in [0.25, 0.3) is 0 Å². The first-order valence-electron chi connectivity index (χ1n) is 10.3. The highest BCUT2D eigenvalue weighted by Gasteiger charge is 2.32. The number of benzene rings is 1. The fraction of sp³-hybridized carbons (Fsp3) is 0.524. The lowest BCUT2D eigenvalue weighted by Crippen LogP contribution is -2.50. The maximum Gasteiger partial charge on any atom is 0.408 e. The molecule has 0 unspecified atom stereocenters. The van der Waals surface area contributed by atoms with Crippen molar-refractivity contribution in [1.29, 1.82) is 0 Å². The minimum Gasteiger partial charge on any atom is -0.489 e. The topological polar surface area (TPSA) is 102 Å². The molecular weight excluding hydrogens is 400 g/mol. The Hall–Kier alpha value is -3.14. The first kappa shape index (κ1) is 21.1. The summed E-state index contributed by atoms with van der Waals surface area (Å²) in [5.41, 5.74) is 1.09. The fourth-order valence-electron chi connectivity index (χ4n) is 3.70. The van der Waals surface area contributed by atoms with E-state index < -0.39 is 17.7 Å². The van der Waals surface area contributed by atoms with Gasteiger partial charge in [-0.25, -0.2) is 14.5 Å². The Morgan fingerprint density at radius 2 is 2.13 bits per heavy atom. The largest absolute Gasteiger partial charge is 0.489 e. The molecule has 10 heteroatoms. The van der Waals surface area contributed by atoms with Crippen LogP contribution in [0.1, 0.15) is 32.2 Å². The number of hydrogen-bond donors (Lipinski definition) is 1. The summed E-state index contributed by atoms with van der Waals surface area (Å²) in [7, 11) is 1.69. The lowest BCUT2D eigenvalue weighted by atomic mass is 10.1. The summed E-state index contributed by atoms with van der Waals surface area (Å²) >= 11 is 0. The zero-order chi connectivity index (χ0) is 22.2. The molecule has 0 spiro atoms. The second kappa shape index (κ2) is 8.18. The third kappa shape index (κ3) is 4.79. The number of carbonyl (C=O) groups is 2. The molecular formula is C21H28N6O4. The summed E-state index contributed by atoms with van der Waals surface area (Å²) in [6, 6.07) is 5.00. The van der Waals surface area contributed by atoms with E-state index in [0.717, 1.165) is 37.6 Å². The van der Waals surface area contributed by atoms with Crippen LogP contribution in [0.5, 0.6) is 5.75 Å². The molecule has 4 rings (SSSR count). The van der Waals surface area contributed by atoms with Gasteiger partial charge in [-0.05, 0) is 38.5 Å². The van der Waals surface area contributed by atoms with Crippen molar-refractivity contribution in [2.24, 2.45) is 0 Å². The number of anilines is 1. The van der Waals surface area contributed by atoms with Crippen LogP contribution in [0, 0.1) is 0 Å². The molecule has 2 aliphatic rings. The molecule has 3 heterocycles. The molecule has 2 aromatic rings. The molecule has 1 atom stereocenters. The van der Waals surface area contributed by atoms with E-state index in [4.69, 9.17) is 9.47 Å². The number of alkyl carbamates (subject to hydrolysis) is 1. The molecule has 10 nitrogen and oxygen atoms in total. The van der Waals surface area contributed by atoms with Gasteiger partial charge < -0.3 is 19.7 Å². The van der Waals surface area contributed by atoms with Crippen molar-refractivity contribution in [2.75, 3.05) is 25.1 Å². The maximum atomic E-state index is 13.0. The van der Waals surface area contributed by atoms with Crippen molar-refractivity contribution >= 4 is 17.7 Å². The number of likely N-dealkylation sites (N-methyl/N-ethyl adjacent to an activating group) is 1. The molecule has 0 bridgehead atoms. The fourth-order valence-corrected chi connectivity index (χ4v) is 3.70. The van der Waals surface area contributed by atoms with E-state index in [-0.39, 0.29) is 12.5 Å². The molecule has 2 amide bonds. The van der Waals surface area contributed by atoms with Crippen LogP contribution in [0.2, 0.25) is 0 Å². The number of carbonyl (C=O) groups excluding carboxylic acids is 2. The highest BCUT2D eigenvalue weighted by Crippen LogP contribution is 2.32. The minimum absolute atomic E-state index is 0.0382. The van der Waals surface area contributed by atoms with E-state index in [0.29, 0.717) is 11.4 Å². The van der Waals surface area contributed by atoms with Gasteiger partial charge in [0, 0.05) is 20.1 Å². The van der Waals surface area contributed by atoms with E-state index in [1.807, 2.05) is 22.9 Å². The predicted molar refractivity (Wildman–Crippen MR) is 113 cm³/mol. The minimum atomic E-state index is -0.829. The quantitative estimate of drug-likeness (QED) is 0.791. The second-order valence-electron chi connectivity index (χ2n) is 8.82. The Morgan fingerprint density at radius 3 is 2.90 bits per heavy atom. The average Bonchev–Trinajstić information content (AvgIpc) is 3.13. The number of rotatable bonds is 3. The molecule has 0 saturated heterocycles. The smallest absolute Gasteiger partial charge is 0.408 e. The van der Waals surface area contributed by atoms with Crippen LogP contribution >= 0.6 is 0 Å². The van der Waals surface area contributed by atoms with Crippen molar-refractivity contribution in [3.05, 3.63) is 35.9 Å². The van der Waals surface area contributed by atoms with Crippen LogP contribution in [0.15, 0.2) is 24.5 Å². The van der Waals surface area contributed by atoms with Crippen molar-refractivity contribution in [3.8, 4) is 5.75 Å². The summed E-state index contributed by atoms with van der Waals surface area (Å²) in [5, 5.41) is 6.83. The monoisotopic (exact) mass is 428 g/mol. The Balaban J connectivity index is 1.45. The molecule has 0 radical (unpaired) electrons. The van der Waals surface area contributed by atoms with Gasteiger partial charge in [0.1, 0.15) is 36.2 Å². The summed E-state index contributed by atoms with van der Waals surface area (Å²) < 4.78 is 13.0. The zero-order valence-electron chi connectivity index (χ0n) is 18.3. The van der Waals surface area contributed by atoms with Crippen molar-refractivity contribution in [3.63, 3.8) is 0 Å². The maximum absolute atomic E-state index is 13.0. The Bertz CT molecular complexity index is 982. The number of aromatic nitrogens is 3. The van der Waals surface area contributed by atoms with E-state index in [9.17, 15) is 9.59 Å². The molecule has 1 aromatic heterocycles. The highest BCUT2D eigenvalue weighted by atomic mass is 16.6. The molecule has 0 saturated carbocycles. The third-order valence-corrected chi connectivity index (χ3v) is 5.20. The van der Waals surface area contributed by atoms with Crippen LogP contribution in [0.4, 0.5) is 10.5 Å². The van der Waals surface area contributed by atoms with Crippen LogP contribution in [-0.4, -0.2) is 63.5 Å². The Labute approximate surface area is 181 Å². The Morgan fingerprint density at radius 1 is 1.32 bits per heavy atom. The van der Waals surface area contributed by atoms with Gasteiger partial charge in [-0.3, -0.25) is 9.69 Å². The van der Waals surface area contributed by atoms with Gasteiger partial charge in [-0.1, -0.05) is 6.07 Å². The number of nitrogens with one attached hydrogen (secondary N) is 1. The molecule has 0 fully saturated rings. The summed E-state index contributed by atoms with van der Waals surface area (Å²) in [5.74, 6) is 1.30. The van der Waals surface area contributed by atoms with Gasteiger partial charge in [0.2, 0.25) is 0 Å². The number of nitrogens with zero attached hydrogens (tertiary/aromatic N) is 5. The second-order valence-corrected chi connectivity index (χ2v) is 8.82. The summed E-state index contributed by atoms with van der Waals surface area (Å²) in [6.45, 7) is 8.48. The lowest BCUT2D eigenvalue weighted by Gasteiger charge is -2.27. The molecule has 1 aromatic carbocycles. The van der Waals surface area contributed by atoms with Crippen molar-refractivity contribution in [2.45, 2.75) is 52.0 Å². The van der Waals surface area contributed by atoms with Gasteiger partial charge >= 0.3 is 6.09 Å². The third-order valence-electron chi connectivity index (χ3n) is 5.20. The van der Waals surface area contributed by atoms with Gasteiger partial charge in [0.15, 0.2) is 0 Å². The van der Waals surface area contributed by atoms with E-state index in [1.54, 1.807) is 34.1 Å². The summed E-state index contributed by atoms with van der Waals surface area (Å²) in [6.07, 6.45) is 0.938. The number of ether oxygens (including phenoxy) is 2. The number of amides is 2. The van der Waals surface area contributed by atoms with Crippen molar-refractivity contribution in [1.82, 2.24) is 25.0 Å². The summed E-state index contributed by atoms with van der Waals surface area (Å²) in [4.78, 5) is 33.2. The highest BCUT2D eigenvalue weighted by molar-refractivity contribution is 6.00. The molecule has 1 N–H and O–H groups in total. The van der Waals surface area contributed by atoms with Gasteiger partial charge in [-0.15, -0.1) is 0 Å². The Kier molecular flexibility index (Phi) is 5.57. The van der Waals surface area contributed by atoms with E-state index in [2.05, 4.69) is 20.3 Å². The van der Waals surface area contributed by atoms with Crippen LogP contribution in [-0.2, 0) is 29.2 Å². The molecule has 31 heavy (non-hydrogen) atoms. The van der Waals surface area contributed by atoms with Gasteiger partial charge in [-0.2, -0.15) is 5.10 Å². The molecule has 2 aliphatic heterocycles. The predicted octanol–water partition coefficient (Wildman–Crippen LogP) is 1.54. The standard InChI is InChI=1S/C21H28N6O4/c1-21(2,3)31-20(29)24-15-12-30-17-6-5-14(9-16(17)25(4)19(15)28)10-26-7-8-27-18(11-26)22-13-23-27/h5-6,9,13,15H,7-8,10-12H2,1-4H3,(H,24,29)/t15-/m0/s1. The first-order valence-corrected chi connectivity index (χ1v) is 10.3. The van der Waals surface area contributed by atoms with Crippen LogP contribution in [0.3, 0.4) is 0 Å². The zero-order valence-corrected chi connectivity index (χ0v) is 18.3. The number of fused-ring (bicyclic) bond motifs is 2. The van der Waals surface area contributed by atoms with E-state index in [1.165, 1.54) is 4.90 Å². The first-order chi connectivity index (χ1) is 14.7.